The van der Waals surface area contributed by atoms with Crippen molar-refractivity contribution in [1.29, 1.82) is 0 Å². The van der Waals surface area contributed by atoms with Gasteiger partial charge >= 0.3 is 6.03 Å². The van der Waals surface area contributed by atoms with E-state index >= 15 is 0 Å². The highest BCUT2D eigenvalue weighted by molar-refractivity contribution is 9.10. The summed E-state index contributed by atoms with van der Waals surface area (Å²) >= 11 is 3.44. The standard InChI is InChI=1S/C17H19BrN2O/c1-2-13-6-8-16(9-7-13)20-17(21)19-11-10-14-4-3-5-15(18)12-14/h3-9,12H,2,10-11H2,1H3,(H2,19,20,21). The molecule has 0 bridgehead atoms. The van der Waals surface area contributed by atoms with Crippen LogP contribution < -0.4 is 10.6 Å². The maximum atomic E-state index is 11.8. The third-order valence-electron chi connectivity index (χ3n) is 3.21. The van der Waals surface area contributed by atoms with Crippen molar-refractivity contribution in [2.75, 3.05) is 11.9 Å². The summed E-state index contributed by atoms with van der Waals surface area (Å²) in [6.45, 7) is 2.71. The average molecular weight is 347 g/mol. The highest BCUT2D eigenvalue weighted by Crippen LogP contribution is 2.12. The molecule has 2 N–H and O–H groups in total. The number of amides is 2. The zero-order valence-electron chi connectivity index (χ0n) is 12.0. The molecule has 0 aliphatic carbocycles. The molecule has 21 heavy (non-hydrogen) atoms. The molecule has 0 radical (unpaired) electrons. The molecule has 0 aliphatic heterocycles. The lowest BCUT2D eigenvalue weighted by Gasteiger charge is -2.08. The van der Waals surface area contributed by atoms with Crippen molar-refractivity contribution in [2.45, 2.75) is 19.8 Å². The Kier molecular flexibility index (Phi) is 5.81. The molecule has 2 rings (SSSR count). The molecule has 0 saturated carbocycles. The number of anilines is 1. The number of carbonyl (C=O) groups is 1. The van der Waals surface area contributed by atoms with Gasteiger partial charge in [-0.3, -0.25) is 0 Å². The van der Waals surface area contributed by atoms with Crippen LogP contribution in [0.5, 0.6) is 0 Å². The fraction of sp³-hybridized carbons (Fsp3) is 0.235. The molecular weight excluding hydrogens is 328 g/mol. The minimum absolute atomic E-state index is 0.172. The zero-order chi connectivity index (χ0) is 15.1. The number of hydrogen-bond acceptors (Lipinski definition) is 1. The van der Waals surface area contributed by atoms with Crippen LogP contribution in [-0.2, 0) is 12.8 Å². The lowest BCUT2D eigenvalue weighted by molar-refractivity contribution is 0.252. The van der Waals surface area contributed by atoms with E-state index in [9.17, 15) is 4.79 Å². The van der Waals surface area contributed by atoms with Crippen molar-refractivity contribution in [2.24, 2.45) is 0 Å². The van der Waals surface area contributed by atoms with E-state index in [2.05, 4.69) is 39.6 Å². The van der Waals surface area contributed by atoms with Gasteiger partial charge in [0.15, 0.2) is 0 Å². The molecule has 0 heterocycles. The first-order valence-corrected chi connectivity index (χ1v) is 7.85. The first-order valence-electron chi connectivity index (χ1n) is 7.05. The first kappa shape index (κ1) is 15.6. The van der Waals surface area contributed by atoms with Gasteiger partial charge in [-0.05, 0) is 48.2 Å². The Hall–Kier alpha value is -1.81. The van der Waals surface area contributed by atoms with Crippen molar-refractivity contribution in [3.63, 3.8) is 0 Å². The average Bonchev–Trinajstić information content (AvgIpc) is 2.48. The Morgan fingerprint density at radius 2 is 1.86 bits per heavy atom. The van der Waals surface area contributed by atoms with Crippen LogP contribution >= 0.6 is 15.9 Å². The number of hydrogen-bond donors (Lipinski definition) is 2. The van der Waals surface area contributed by atoms with Gasteiger partial charge in [-0.15, -0.1) is 0 Å². The largest absolute Gasteiger partial charge is 0.338 e. The minimum Gasteiger partial charge on any atom is -0.338 e. The Labute approximate surface area is 133 Å². The molecule has 0 saturated heterocycles. The van der Waals surface area contributed by atoms with Crippen LogP contribution in [0.1, 0.15) is 18.1 Å². The Balaban J connectivity index is 1.76. The van der Waals surface area contributed by atoms with Crippen LogP contribution in [0.15, 0.2) is 53.0 Å². The predicted octanol–water partition coefficient (Wildman–Crippen LogP) is 4.38. The Bertz CT molecular complexity index is 596. The molecule has 2 aromatic rings. The molecule has 2 amide bonds. The van der Waals surface area contributed by atoms with Crippen LogP contribution in [0, 0.1) is 0 Å². The van der Waals surface area contributed by atoms with E-state index in [0.717, 1.165) is 23.0 Å². The van der Waals surface area contributed by atoms with Gasteiger partial charge in [0.1, 0.15) is 0 Å². The van der Waals surface area contributed by atoms with Crippen molar-refractivity contribution in [1.82, 2.24) is 5.32 Å². The van der Waals surface area contributed by atoms with Gasteiger partial charge in [-0.25, -0.2) is 4.79 Å². The second kappa shape index (κ2) is 7.84. The zero-order valence-corrected chi connectivity index (χ0v) is 13.6. The third kappa shape index (κ3) is 5.23. The van der Waals surface area contributed by atoms with Gasteiger partial charge in [0, 0.05) is 16.7 Å². The summed E-state index contributed by atoms with van der Waals surface area (Å²) in [6, 6.07) is 15.8. The molecule has 3 nitrogen and oxygen atoms in total. The lowest BCUT2D eigenvalue weighted by Crippen LogP contribution is -2.30. The summed E-state index contributed by atoms with van der Waals surface area (Å²) in [4.78, 5) is 11.8. The molecule has 0 spiro atoms. The van der Waals surface area contributed by atoms with Crippen LogP contribution in [0.2, 0.25) is 0 Å². The molecule has 110 valence electrons. The quantitative estimate of drug-likeness (QED) is 0.828. The number of aryl methyl sites for hydroxylation is 1. The SMILES string of the molecule is CCc1ccc(NC(=O)NCCc2cccc(Br)c2)cc1. The van der Waals surface area contributed by atoms with Crippen LogP contribution in [0.25, 0.3) is 0 Å². The summed E-state index contributed by atoms with van der Waals surface area (Å²) < 4.78 is 1.06. The second-order valence-corrected chi connectivity index (χ2v) is 5.73. The summed E-state index contributed by atoms with van der Waals surface area (Å²) in [6.07, 6.45) is 1.81. The molecule has 0 atom stereocenters. The number of rotatable bonds is 5. The monoisotopic (exact) mass is 346 g/mol. The predicted molar refractivity (Wildman–Crippen MR) is 90.7 cm³/mol. The molecule has 0 unspecified atom stereocenters. The second-order valence-electron chi connectivity index (χ2n) is 4.81. The van der Waals surface area contributed by atoms with Gasteiger partial charge < -0.3 is 10.6 Å². The van der Waals surface area contributed by atoms with E-state index in [1.54, 1.807) is 0 Å². The van der Waals surface area contributed by atoms with E-state index in [-0.39, 0.29) is 6.03 Å². The summed E-state index contributed by atoms with van der Waals surface area (Å²) in [5.41, 5.74) is 3.26. The highest BCUT2D eigenvalue weighted by Gasteiger charge is 2.01. The molecule has 0 fully saturated rings. The van der Waals surface area contributed by atoms with Crippen molar-refractivity contribution < 1.29 is 4.79 Å². The number of halogens is 1. The molecule has 2 aromatic carbocycles. The fourth-order valence-electron chi connectivity index (χ4n) is 2.01. The smallest absolute Gasteiger partial charge is 0.319 e. The van der Waals surface area contributed by atoms with Crippen LogP contribution in [0.4, 0.5) is 10.5 Å². The topological polar surface area (TPSA) is 41.1 Å². The number of nitrogens with one attached hydrogen (secondary N) is 2. The van der Waals surface area contributed by atoms with Gasteiger partial charge in [0.2, 0.25) is 0 Å². The van der Waals surface area contributed by atoms with Gasteiger partial charge in [-0.1, -0.05) is 47.1 Å². The molecule has 0 aliphatic rings. The lowest BCUT2D eigenvalue weighted by atomic mass is 10.1. The Morgan fingerprint density at radius 1 is 1.10 bits per heavy atom. The normalized spacial score (nSPS) is 10.2. The van der Waals surface area contributed by atoms with E-state index in [1.807, 2.05) is 42.5 Å². The summed E-state index contributed by atoms with van der Waals surface area (Å²) in [7, 11) is 0. The van der Waals surface area contributed by atoms with Crippen molar-refractivity contribution >= 4 is 27.6 Å². The van der Waals surface area contributed by atoms with Crippen molar-refractivity contribution in [3.8, 4) is 0 Å². The summed E-state index contributed by atoms with van der Waals surface area (Å²) in [5.74, 6) is 0. The highest BCUT2D eigenvalue weighted by atomic mass is 79.9. The first-order chi connectivity index (χ1) is 10.2. The van der Waals surface area contributed by atoms with E-state index in [0.29, 0.717) is 6.54 Å². The molecule has 0 aromatic heterocycles. The number of urea groups is 1. The number of benzene rings is 2. The third-order valence-corrected chi connectivity index (χ3v) is 3.70. The summed E-state index contributed by atoms with van der Waals surface area (Å²) in [5, 5.41) is 5.69. The Morgan fingerprint density at radius 3 is 2.52 bits per heavy atom. The fourth-order valence-corrected chi connectivity index (χ4v) is 2.46. The van der Waals surface area contributed by atoms with E-state index in [1.165, 1.54) is 11.1 Å². The van der Waals surface area contributed by atoms with Gasteiger partial charge in [-0.2, -0.15) is 0 Å². The van der Waals surface area contributed by atoms with Gasteiger partial charge in [0.05, 0.1) is 0 Å². The van der Waals surface area contributed by atoms with E-state index in [4.69, 9.17) is 0 Å². The van der Waals surface area contributed by atoms with Crippen LogP contribution in [-0.4, -0.2) is 12.6 Å². The maximum Gasteiger partial charge on any atom is 0.319 e. The van der Waals surface area contributed by atoms with Gasteiger partial charge in [0.25, 0.3) is 0 Å². The van der Waals surface area contributed by atoms with E-state index < -0.39 is 0 Å². The molecular formula is C17H19BrN2O. The van der Waals surface area contributed by atoms with Crippen LogP contribution in [0.3, 0.4) is 0 Å². The van der Waals surface area contributed by atoms with Crippen molar-refractivity contribution in [3.05, 3.63) is 64.1 Å². The number of carbonyl (C=O) groups excluding carboxylic acids is 1. The maximum absolute atomic E-state index is 11.8. The molecule has 4 heteroatoms. The minimum atomic E-state index is -0.172.